The Morgan fingerprint density at radius 1 is 1.20 bits per heavy atom. The zero-order valence-corrected chi connectivity index (χ0v) is 11.9. The van der Waals surface area contributed by atoms with Gasteiger partial charge >= 0.3 is 0 Å². The van der Waals surface area contributed by atoms with Crippen molar-refractivity contribution in [1.29, 1.82) is 0 Å². The van der Waals surface area contributed by atoms with E-state index >= 15 is 0 Å². The lowest BCUT2D eigenvalue weighted by Gasteiger charge is -2.26. The van der Waals surface area contributed by atoms with E-state index in [2.05, 4.69) is 33.8 Å². The van der Waals surface area contributed by atoms with Gasteiger partial charge in [-0.2, -0.15) is 4.68 Å². The second-order valence-electron chi connectivity index (χ2n) is 5.78. The minimum atomic E-state index is 0.785. The van der Waals surface area contributed by atoms with E-state index in [-0.39, 0.29) is 0 Å². The SMILES string of the molecule is CC1CCC(CNc2ccccc2-n2cnnn2)CC1. The Kier molecular flexibility index (Phi) is 3.95. The summed E-state index contributed by atoms with van der Waals surface area (Å²) in [5, 5.41) is 14.9. The molecule has 3 rings (SSSR count). The van der Waals surface area contributed by atoms with E-state index in [0.717, 1.165) is 29.8 Å². The molecule has 0 radical (unpaired) electrons. The number of rotatable bonds is 4. The molecule has 1 aromatic carbocycles. The Labute approximate surface area is 119 Å². The monoisotopic (exact) mass is 271 g/mol. The van der Waals surface area contributed by atoms with Crippen LogP contribution in [-0.2, 0) is 0 Å². The number of tetrazole rings is 1. The summed E-state index contributed by atoms with van der Waals surface area (Å²) in [7, 11) is 0. The summed E-state index contributed by atoms with van der Waals surface area (Å²) in [4.78, 5) is 0. The molecule has 1 fully saturated rings. The van der Waals surface area contributed by atoms with Gasteiger partial charge in [0.25, 0.3) is 0 Å². The first-order valence-corrected chi connectivity index (χ1v) is 7.39. The molecule has 2 aromatic rings. The first-order chi connectivity index (χ1) is 9.83. The maximum atomic E-state index is 3.97. The molecule has 5 nitrogen and oxygen atoms in total. The Morgan fingerprint density at radius 2 is 2.00 bits per heavy atom. The van der Waals surface area contributed by atoms with E-state index in [0.29, 0.717) is 0 Å². The molecule has 0 saturated heterocycles. The highest BCUT2D eigenvalue weighted by Crippen LogP contribution is 2.29. The van der Waals surface area contributed by atoms with Gasteiger partial charge in [0.2, 0.25) is 0 Å². The highest BCUT2D eigenvalue weighted by molar-refractivity contribution is 5.60. The summed E-state index contributed by atoms with van der Waals surface area (Å²) >= 11 is 0. The van der Waals surface area contributed by atoms with Gasteiger partial charge < -0.3 is 5.32 Å². The Bertz CT molecular complexity index is 529. The summed E-state index contributed by atoms with van der Waals surface area (Å²) in [5.74, 6) is 1.69. The van der Waals surface area contributed by atoms with E-state index in [1.54, 1.807) is 11.0 Å². The zero-order valence-electron chi connectivity index (χ0n) is 11.9. The second kappa shape index (κ2) is 6.03. The van der Waals surface area contributed by atoms with Crippen LogP contribution in [0.3, 0.4) is 0 Å². The fraction of sp³-hybridized carbons (Fsp3) is 0.533. The predicted molar refractivity (Wildman–Crippen MR) is 78.8 cm³/mol. The number of benzene rings is 1. The van der Waals surface area contributed by atoms with Crippen LogP contribution in [0.1, 0.15) is 32.6 Å². The standard InChI is InChI=1S/C15H21N5/c1-12-6-8-13(9-7-12)10-16-14-4-2-3-5-15(14)20-11-17-18-19-20/h2-5,11-13,16H,6-10H2,1H3. The van der Waals surface area contributed by atoms with E-state index in [9.17, 15) is 0 Å². The molecule has 0 amide bonds. The fourth-order valence-corrected chi connectivity index (χ4v) is 2.88. The van der Waals surface area contributed by atoms with Crippen LogP contribution in [-0.4, -0.2) is 26.8 Å². The average Bonchev–Trinajstić information content (AvgIpc) is 3.01. The van der Waals surface area contributed by atoms with Crippen LogP contribution >= 0.6 is 0 Å². The summed E-state index contributed by atoms with van der Waals surface area (Å²) < 4.78 is 1.70. The average molecular weight is 271 g/mol. The van der Waals surface area contributed by atoms with Gasteiger partial charge in [-0.3, -0.25) is 0 Å². The fourth-order valence-electron chi connectivity index (χ4n) is 2.88. The van der Waals surface area contributed by atoms with Crippen molar-refractivity contribution < 1.29 is 0 Å². The van der Waals surface area contributed by atoms with Gasteiger partial charge in [0, 0.05) is 6.54 Å². The van der Waals surface area contributed by atoms with Gasteiger partial charge in [0.15, 0.2) is 0 Å². The Morgan fingerprint density at radius 3 is 2.75 bits per heavy atom. The minimum Gasteiger partial charge on any atom is -0.383 e. The summed E-state index contributed by atoms with van der Waals surface area (Å²) in [6, 6.07) is 8.16. The third-order valence-corrected chi connectivity index (χ3v) is 4.22. The number of hydrogen-bond acceptors (Lipinski definition) is 4. The number of hydrogen-bond donors (Lipinski definition) is 1. The van der Waals surface area contributed by atoms with Crippen LogP contribution in [0.2, 0.25) is 0 Å². The van der Waals surface area contributed by atoms with Crippen molar-refractivity contribution in [2.45, 2.75) is 32.6 Å². The molecule has 5 heteroatoms. The molecule has 0 unspecified atom stereocenters. The lowest BCUT2D eigenvalue weighted by atomic mass is 9.83. The molecule has 1 aliphatic rings. The molecule has 1 aliphatic carbocycles. The Balaban J connectivity index is 1.66. The molecule has 1 saturated carbocycles. The van der Waals surface area contributed by atoms with Gasteiger partial charge in [0.1, 0.15) is 6.33 Å². The lowest BCUT2D eigenvalue weighted by molar-refractivity contribution is 0.300. The molecule has 1 heterocycles. The van der Waals surface area contributed by atoms with Crippen molar-refractivity contribution >= 4 is 5.69 Å². The molecule has 1 aromatic heterocycles. The van der Waals surface area contributed by atoms with E-state index in [4.69, 9.17) is 0 Å². The third kappa shape index (κ3) is 2.98. The van der Waals surface area contributed by atoms with E-state index < -0.39 is 0 Å². The highest BCUT2D eigenvalue weighted by atomic mass is 15.5. The van der Waals surface area contributed by atoms with Gasteiger partial charge in [-0.25, -0.2) is 0 Å². The highest BCUT2D eigenvalue weighted by Gasteiger charge is 2.18. The number of nitrogens with zero attached hydrogens (tertiary/aromatic N) is 4. The molecule has 20 heavy (non-hydrogen) atoms. The molecular formula is C15H21N5. The van der Waals surface area contributed by atoms with Crippen molar-refractivity contribution in [3.05, 3.63) is 30.6 Å². The summed E-state index contributed by atoms with van der Waals surface area (Å²) in [6.45, 7) is 3.39. The minimum absolute atomic E-state index is 0.785. The van der Waals surface area contributed by atoms with E-state index in [1.807, 2.05) is 18.2 Å². The van der Waals surface area contributed by atoms with Crippen LogP contribution in [0.4, 0.5) is 5.69 Å². The molecule has 106 valence electrons. The maximum absolute atomic E-state index is 3.97. The maximum Gasteiger partial charge on any atom is 0.143 e. The smallest absolute Gasteiger partial charge is 0.143 e. The first-order valence-electron chi connectivity index (χ1n) is 7.39. The summed E-state index contributed by atoms with van der Waals surface area (Å²) in [5.41, 5.74) is 2.10. The molecule has 0 bridgehead atoms. The zero-order chi connectivity index (χ0) is 13.8. The van der Waals surface area contributed by atoms with Gasteiger partial charge in [-0.05, 0) is 47.2 Å². The molecule has 0 aliphatic heterocycles. The van der Waals surface area contributed by atoms with Crippen molar-refractivity contribution in [1.82, 2.24) is 20.2 Å². The summed E-state index contributed by atoms with van der Waals surface area (Å²) in [6.07, 6.45) is 7.02. The molecule has 0 atom stereocenters. The third-order valence-electron chi connectivity index (χ3n) is 4.22. The first kappa shape index (κ1) is 13.1. The van der Waals surface area contributed by atoms with E-state index in [1.165, 1.54) is 25.7 Å². The predicted octanol–water partition coefficient (Wildman–Crippen LogP) is 2.90. The molecule has 0 spiro atoms. The van der Waals surface area contributed by atoms with Crippen LogP contribution in [0, 0.1) is 11.8 Å². The largest absolute Gasteiger partial charge is 0.383 e. The van der Waals surface area contributed by atoms with Crippen molar-refractivity contribution in [3.63, 3.8) is 0 Å². The number of para-hydroxylation sites is 2. The lowest BCUT2D eigenvalue weighted by Crippen LogP contribution is -2.20. The van der Waals surface area contributed by atoms with Gasteiger partial charge in [0.05, 0.1) is 11.4 Å². The van der Waals surface area contributed by atoms with Crippen molar-refractivity contribution in [2.75, 3.05) is 11.9 Å². The Hall–Kier alpha value is -1.91. The molecule has 1 N–H and O–H groups in total. The topological polar surface area (TPSA) is 55.6 Å². The van der Waals surface area contributed by atoms with Gasteiger partial charge in [-0.15, -0.1) is 5.10 Å². The number of nitrogens with one attached hydrogen (secondary N) is 1. The number of anilines is 1. The van der Waals surface area contributed by atoms with Crippen LogP contribution in [0.15, 0.2) is 30.6 Å². The van der Waals surface area contributed by atoms with Crippen LogP contribution in [0.25, 0.3) is 5.69 Å². The number of aromatic nitrogens is 4. The second-order valence-corrected chi connectivity index (χ2v) is 5.78. The van der Waals surface area contributed by atoms with Gasteiger partial charge in [-0.1, -0.05) is 31.9 Å². The van der Waals surface area contributed by atoms with Crippen molar-refractivity contribution in [3.8, 4) is 5.69 Å². The molecular weight excluding hydrogens is 250 g/mol. The van der Waals surface area contributed by atoms with Crippen molar-refractivity contribution in [2.24, 2.45) is 11.8 Å². The van der Waals surface area contributed by atoms with Crippen LogP contribution in [0.5, 0.6) is 0 Å². The normalized spacial score (nSPS) is 22.6. The van der Waals surface area contributed by atoms with Crippen LogP contribution < -0.4 is 5.32 Å². The quantitative estimate of drug-likeness (QED) is 0.929.